The Morgan fingerprint density at radius 1 is 1.19 bits per heavy atom. The van der Waals surface area contributed by atoms with Crippen molar-refractivity contribution in [3.63, 3.8) is 0 Å². The minimum Gasteiger partial charge on any atom is -0.480 e. The van der Waals surface area contributed by atoms with Crippen LogP contribution in [0.4, 0.5) is 0 Å². The van der Waals surface area contributed by atoms with Gasteiger partial charge in [0.25, 0.3) is 0 Å². The molecule has 1 fully saturated rings. The van der Waals surface area contributed by atoms with Crippen LogP contribution >= 0.6 is 0 Å². The number of hydrogen-bond acceptors (Lipinski definition) is 3. The largest absolute Gasteiger partial charge is 0.480 e. The molecule has 1 saturated carbocycles. The molecule has 0 heterocycles. The van der Waals surface area contributed by atoms with E-state index in [-0.39, 0.29) is 12.5 Å². The van der Waals surface area contributed by atoms with Crippen LogP contribution in [0.25, 0.3) is 0 Å². The van der Waals surface area contributed by atoms with Crippen molar-refractivity contribution < 1.29 is 14.7 Å². The summed E-state index contributed by atoms with van der Waals surface area (Å²) in [5.41, 5.74) is 5.17. The molecular weight excluding hydrogens is 208 g/mol. The van der Waals surface area contributed by atoms with E-state index in [1.807, 2.05) is 0 Å². The third kappa shape index (κ3) is 3.20. The van der Waals surface area contributed by atoms with Crippen molar-refractivity contribution in [1.82, 2.24) is 5.32 Å². The SMILES string of the molecule is NCC1(C(=O)NCC(=O)O)CCCCCC1. The normalized spacial score (nSPS) is 19.8. The molecule has 0 aromatic heterocycles. The smallest absolute Gasteiger partial charge is 0.322 e. The Hall–Kier alpha value is -1.10. The highest BCUT2D eigenvalue weighted by Gasteiger charge is 2.37. The summed E-state index contributed by atoms with van der Waals surface area (Å²) in [4.78, 5) is 22.4. The van der Waals surface area contributed by atoms with Gasteiger partial charge in [0.1, 0.15) is 6.54 Å². The summed E-state index contributed by atoms with van der Waals surface area (Å²) in [5, 5.41) is 11.0. The number of nitrogens with two attached hydrogens (primary N) is 1. The fraction of sp³-hybridized carbons (Fsp3) is 0.818. The molecule has 0 radical (unpaired) electrons. The Labute approximate surface area is 95.4 Å². The first kappa shape index (κ1) is 13.0. The Morgan fingerprint density at radius 2 is 1.75 bits per heavy atom. The van der Waals surface area contributed by atoms with E-state index < -0.39 is 11.4 Å². The third-order valence-electron chi connectivity index (χ3n) is 3.33. The summed E-state index contributed by atoms with van der Waals surface area (Å²) in [7, 11) is 0. The molecule has 1 rings (SSSR count). The van der Waals surface area contributed by atoms with E-state index in [2.05, 4.69) is 5.32 Å². The highest BCUT2D eigenvalue weighted by atomic mass is 16.4. The second-order valence-electron chi connectivity index (χ2n) is 4.48. The summed E-state index contributed by atoms with van der Waals surface area (Å²) in [6, 6.07) is 0. The highest BCUT2D eigenvalue weighted by Crippen LogP contribution is 2.34. The van der Waals surface area contributed by atoms with E-state index >= 15 is 0 Å². The van der Waals surface area contributed by atoms with Crippen LogP contribution in [0.1, 0.15) is 38.5 Å². The predicted octanol–water partition coefficient (Wildman–Crippen LogP) is 0.486. The number of carbonyl (C=O) groups is 2. The number of rotatable bonds is 4. The topological polar surface area (TPSA) is 92.4 Å². The maximum atomic E-state index is 12.0. The van der Waals surface area contributed by atoms with Gasteiger partial charge in [0.2, 0.25) is 5.91 Å². The number of hydrogen-bond donors (Lipinski definition) is 3. The zero-order valence-corrected chi connectivity index (χ0v) is 9.50. The molecule has 1 aliphatic rings. The van der Waals surface area contributed by atoms with Crippen LogP contribution < -0.4 is 11.1 Å². The molecular formula is C11H20N2O3. The van der Waals surface area contributed by atoms with Crippen LogP contribution in [0, 0.1) is 5.41 Å². The number of carboxylic acid groups (broad SMARTS) is 1. The lowest BCUT2D eigenvalue weighted by Gasteiger charge is -2.29. The van der Waals surface area contributed by atoms with Gasteiger partial charge >= 0.3 is 5.97 Å². The molecule has 1 aliphatic carbocycles. The van der Waals surface area contributed by atoms with Gasteiger partial charge < -0.3 is 16.2 Å². The van der Waals surface area contributed by atoms with Crippen LogP contribution in [0.2, 0.25) is 0 Å². The van der Waals surface area contributed by atoms with Gasteiger partial charge in [-0.25, -0.2) is 0 Å². The lowest BCUT2D eigenvalue weighted by Crippen LogP contribution is -2.47. The van der Waals surface area contributed by atoms with Crippen LogP contribution in [0.5, 0.6) is 0 Å². The van der Waals surface area contributed by atoms with Crippen molar-refractivity contribution in [2.75, 3.05) is 13.1 Å². The Morgan fingerprint density at radius 3 is 2.19 bits per heavy atom. The predicted molar refractivity (Wildman–Crippen MR) is 59.8 cm³/mol. The third-order valence-corrected chi connectivity index (χ3v) is 3.33. The monoisotopic (exact) mass is 228 g/mol. The summed E-state index contributed by atoms with van der Waals surface area (Å²) in [5.74, 6) is -1.21. The lowest BCUT2D eigenvalue weighted by molar-refractivity contribution is -0.140. The summed E-state index contributed by atoms with van der Waals surface area (Å²) < 4.78 is 0. The van der Waals surface area contributed by atoms with E-state index in [1.54, 1.807) is 0 Å². The fourth-order valence-corrected chi connectivity index (χ4v) is 2.27. The van der Waals surface area contributed by atoms with Crippen LogP contribution in [-0.2, 0) is 9.59 Å². The second-order valence-corrected chi connectivity index (χ2v) is 4.48. The quantitative estimate of drug-likeness (QED) is 0.610. The number of carboxylic acids is 1. The average Bonchev–Trinajstić information content (AvgIpc) is 2.51. The Kier molecular flexibility index (Phi) is 4.73. The lowest BCUT2D eigenvalue weighted by atomic mass is 9.79. The zero-order valence-electron chi connectivity index (χ0n) is 9.50. The van der Waals surface area contributed by atoms with Crippen molar-refractivity contribution in [1.29, 1.82) is 0 Å². The standard InChI is InChI=1S/C11H20N2O3/c12-8-11(5-3-1-2-4-6-11)10(16)13-7-9(14)15/h1-8,12H2,(H,13,16)(H,14,15). The van der Waals surface area contributed by atoms with Crippen molar-refractivity contribution in [2.24, 2.45) is 11.1 Å². The molecule has 0 bridgehead atoms. The number of amides is 1. The molecule has 0 aliphatic heterocycles. The molecule has 0 atom stereocenters. The molecule has 5 nitrogen and oxygen atoms in total. The molecule has 0 spiro atoms. The second kappa shape index (κ2) is 5.84. The number of nitrogens with one attached hydrogen (secondary N) is 1. The van der Waals surface area contributed by atoms with Gasteiger partial charge in [-0.1, -0.05) is 25.7 Å². The maximum Gasteiger partial charge on any atom is 0.322 e. The fourth-order valence-electron chi connectivity index (χ4n) is 2.27. The van der Waals surface area contributed by atoms with Gasteiger partial charge in [0.15, 0.2) is 0 Å². The van der Waals surface area contributed by atoms with Crippen molar-refractivity contribution in [3.8, 4) is 0 Å². The first-order valence-corrected chi connectivity index (χ1v) is 5.81. The van der Waals surface area contributed by atoms with Gasteiger partial charge in [-0.15, -0.1) is 0 Å². The maximum absolute atomic E-state index is 12.0. The Bertz CT molecular complexity index is 258. The summed E-state index contributed by atoms with van der Waals surface area (Å²) >= 11 is 0. The van der Waals surface area contributed by atoms with E-state index in [4.69, 9.17) is 10.8 Å². The first-order chi connectivity index (χ1) is 7.60. The molecule has 92 valence electrons. The van der Waals surface area contributed by atoms with Crippen molar-refractivity contribution >= 4 is 11.9 Å². The minimum atomic E-state index is -1.02. The molecule has 16 heavy (non-hydrogen) atoms. The van der Waals surface area contributed by atoms with Gasteiger partial charge in [-0.05, 0) is 12.8 Å². The minimum absolute atomic E-state index is 0.195. The number of carbonyl (C=O) groups excluding carboxylic acids is 1. The van der Waals surface area contributed by atoms with Crippen molar-refractivity contribution in [2.45, 2.75) is 38.5 Å². The Balaban J connectivity index is 2.61. The molecule has 5 heteroatoms. The zero-order chi connectivity index (χ0) is 12.0. The molecule has 0 aromatic carbocycles. The molecule has 0 unspecified atom stereocenters. The average molecular weight is 228 g/mol. The van der Waals surface area contributed by atoms with E-state index in [1.165, 1.54) is 0 Å². The van der Waals surface area contributed by atoms with Gasteiger partial charge in [0.05, 0.1) is 5.41 Å². The summed E-state index contributed by atoms with van der Waals surface area (Å²) in [6.07, 6.45) is 5.81. The summed E-state index contributed by atoms with van der Waals surface area (Å²) in [6.45, 7) is -0.0148. The van der Waals surface area contributed by atoms with Crippen LogP contribution in [0.3, 0.4) is 0 Å². The van der Waals surface area contributed by atoms with E-state index in [0.717, 1.165) is 38.5 Å². The van der Waals surface area contributed by atoms with Crippen LogP contribution in [-0.4, -0.2) is 30.1 Å². The molecule has 0 saturated heterocycles. The molecule has 0 aromatic rings. The van der Waals surface area contributed by atoms with Crippen LogP contribution in [0.15, 0.2) is 0 Å². The molecule has 4 N–H and O–H groups in total. The van der Waals surface area contributed by atoms with Gasteiger partial charge in [-0.3, -0.25) is 9.59 Å². The van der Waals surface area contributed by atoms with E-state index in [9.17, 15) is 9.59 Å². The first-order valence-electron chi connectivity index (χ1n) is 5.81. The number of aliphatic carboxylic acids is 1. The van der Waals surface area contributed by atoms with Crippen molar-refractivity contribution in [3.05, 3.63) is 0 Å². The van der Waals surface area contributed by atoms with Gasteiger partial charge in [-0.2, -0.15) is 0 Å². The van der Waals surface area contributed by atoms with Gasteiger partial charge in [0, 0.05) is 6.54 Å². The van der Waals surface area contributed by atoms with E-state index in [0.29, 0.717) is 6.54 Å². The molecule has 1 amide bonds. The highest BCUT2D eigenvalue weighted by molar-refractivity contribution is 5.86.